The highest BCUT2D eigenvalue weighted by Gasteiger charge is 2.00. The van der Waals surface area contributed by atoms with Gasteiger partial charge >= 0.3 is 0 Å². The van der Waals surface area contributed by atoms with Gasteiger partial charge in [-0.2, -0.15) is 0 Å². The number of hydrogen-bond donors (Lipinski definition) is 0. The predicted molar refractivity (Wildman–Crippen MR) is 50.6 cm³/mol. The highest BCUT2D eigenvalue weighted by Crippen LogP contribution is 2.16. The van der Waals surface area contributed by atoms with Crippen LogP contribution in [0.4, 0.5) is 0 Å². The molecule has 0 unspecified atom stereocenters. The first-order valence-electron chi connectivity index (χ1n) is 3.93. The van der Waals surface area contributed by atoms with E-state index in [0.29, 0.717) is 0 Å². The van der Waals surface area contributed by atoms with E-state index in [1.807, 2.05) is 30.5 Å². The Labute approximate surface area is 71.8 Å². The Kier molecular flexibility index (Phi) is 1.65. The second kappa shape index (κ2) is 2.80. The van der Waals surface area contributed by atoms with Gasteiger partial charge < -0.3 is 0 Å². The second-order valence-corrected chi connectivity index (χ2v) is 2.76. The molecular weight excluding hydrogens is 146 g/mol. The highest BCUT2D eigenvalue weighted by molar-refractivity contribution is 5.67. The van der Waals surface area contributed by atoms with Crippen LogP contribution in [-0.4, -0.2) is 4.98 Å². The number of rotatable bonds is 0. The number of hydrogen-bond acceptors (Lipinski definition) is 1. The minimum atomic E-state index is 1.00. The Morgan fingerprint density at radius 2 is 2.33 bits per heavy atom. The molecule has 1 heteroatoms. The molecule has 0 aromatic carbocycles. The van der Waals surface area contributed by atoms with Gasteiger partial charge in [0.15, 0.2) is 0 Å². The van der Waals surface area contributed by atoms with Gasteiger partial charge in [0.05, 0.1) is 5.69 Å². The third-order valence-electron chi connectivity index (χ3n) is 1.91. The van der Waals surface area contributed by atoms with Gasteiger partial charge in [0.2, 0.25) is 0 Å². The summed E-state index contributed by atoms with van der Waals surface area (Å²) < 4.78 is 0. The summed E-state index contributed by atoms with van der Waals surface area (Å²) >= 11 is 0. The molecule has 0 radical (unpaired) electrons. The van der Waals surface area contributed by atoms with Crippen LogP contribution in [0.5, 0.6) is 0 Å². The van der Waals surface area contributed by atoms with Gasteiger partial charge in [-0.1, -0.05) is 12.2 Å². The molecular formula is C11H9N. The molecule has 1 aromatic heterocycles. The first kappa shape index (κ1) is 7.08. The molecule has 1 nitrogen and oxygen atoms in total. The molecule has 1 aliphatic rings. The van der Waals surface area contributed by atoms with Crippen molar-refractivity contribution in [2.24, 2.45) is 0 Å². The van der Waals surface area contributed by atoms with Gasteiger partial charge in [-0.25, -0.2) is 0 Å². The van der Waals surface area contributed by atoms with E-state index < -0.39 is 0 Å². The van der Waals surface area contributed by atoms with Crippen molar-refractivity contribution in [1.29, 1.82) is 0 Å². The smallest absolute Gasteiger partial charge is 0.0781 e. The third kappa shape index (κ3) is 1.11. The molecule has 0 aliphatic heterocycles. The molecule has 1 aromatic rings. The van der Waals surface area contributed by atoms with Crippen LogP contribution in [0.2, 0.25) is 0 Å². The maximum Gasteiger partial charge on any atom is 0.0781 e. The molecule has 1 heterocycles. The van der Waals surface area contributed by atoms with Crippen LogP contribution in [0.3, 0.4) is 0 Å². The van der Waals surface area contributed by atoms with E-state index in [2.05, 4.69) is 23.7 Å². The molecule has 0 N–H and O–H groups in total. The average molecular weight is 155 g/mol. The van der Waals surface area contributed by atoms with Crippen molar-refractivity contribution in [3.8, 4) is 0 Å². The van der Waals surface area contributed by atoms with Crippen LogP contribution < -0.4 is 0 Å². The molecule has 58 valence electrons. The van der Waals surface area contributed by atoms with E-state index >= 15 is 0 Å². The zero-order chi connectivity index (χ0) is 8.39. The van der Waals surface area contributed by atoms with Crippen LogP contribution in [-0.2, 0) is 0 Å². The van der Waals surface area contributed by atoms with Crippen LogP contribution in [0.25, 0.3) is 12.2 Å². The summed E-state index contributed by atoms with van der Waals surface area (Å²) in [5.41, 5.74) is 6.48. The lowest BCUT2D eigenvalue weighted by Crippen LogP contribution is -1.88. The molecule has 0 fully saturated rings. The Hall–Kier alpha value is -1.59. The molecule has 2 rings (SSSR count). The largest absolute Gasteiger partial charge is 0.256 e. The minimum Gasteiger partial charge on any atom is -0.256 e. The SMILES string of the molecule is Cc1ccnc2c1C=CC=C=C2. The summed E-state index contributed by atoms with van der Waals surface area (Å²) in [6.45, 7) is 2.09. The van der Waals surface area contributed by atoms with Crippen molar-refractivity contribution in [3.05, 3.63) is 47.0 Å². The quantitative estimate of drug-likeness (QED) is 0.525. The van der Waals surface area contributed by atoms with Crippen LogP contribution in [0.15, 0.2) is 30.1 Å². The fourth-order valence-electron chi connectivity index (χ4n) is 1.25. The van der Waals surface area contributed by atoms with Crippen molar-refractivity contribution < 1.29 is 0 Å². The summed E-state index contributed by atoms with van der Waals surface area (Å²) in [4.78, 5) is 4.25. The molecule has 0 bridgehead atoms. The van der Waals surface area contributed by atoms with Crippen molar-refractivity contribution in [2.75, 3.05) is 0 Å². The Bertz CT molecular complexity index is 393. The lowest BCUT2D eigenvalue weighted by molar-refractivity contribution is 1.24. The molecule has 0 atom stereocenters. The van der Waals surface area contributed by atoms with Gasteiger partial charge in [-0.3, -0.25) is 4.98 Å². The fraction of sp³-hybridized carbons (Fsp3) is 0.0909. The van der Waals surface area contributed by atoms with Crippen LogP contribution in [0, 0.1) is 6.92 Å². The highest BCUT2D eigenvalue weighted by atomic mass is 14.7. The first-order chi connectivity index (χ1) is 5.88. The van der Waals surface area contributed by atoms with Gasteiger partial charge in [0, 0.05) is 17.8 Å². The van der Waals surface area contributed by atoms with Crippen LogP contribution >= 0.6 is 0 Å². The molecule has 12 heavy (non-hydrogen) atoms. The molecule has 1 aliphatic carbocycles. The summed E-state index contributed by atoms with van der Waals surface area (Å²) in [6, 6.07) is 2.02. The summed E-state index contributed by atoms with van der Waals surface area (Å²) in [6.07, 6.45) is 9.67. The molecule has 0 amide bonds. The molecule has 0 saturated carbocycles. The predicted octanol–water partition coefficient (Wildman–Crippen LogP) is 2.59. The fourth-order valence-corrected chi connectivity index (χ4v) is 1.25. The van der Waals surface area contributed by atoms with E-state index in [4.69, 9.17) is 0 Å². The molecule has 0 spiro atoms. The number of fused-ring (bicyclic) bond motifs is 1. The summed E-state index contributed by atoms with van der Waals surface area (Å²) in [5, 5.41) is 0. The summed E-state index contributed by atoms with van der Waals surface area (Å²) in [7, 11) is 0. The number of pyridine rings is 1. The maximum atomic E-state index is 4.25. The van der Waals surface area contributed by atoms with Crippen molar-refractivity contribution in [1.82, 2.24) is 4.98 Å². The number of nitrogens with zero attached hydrogens (tertiary/aromatic N) is 1. The topological polar surface area (TPSA) is 12.9 Å². The third-order valence-corrected chi connectivity index (χ3v) is 1.91. The zero-order valence-electron chi connectivity index (χ0n) is 6.91. The standard InChI is InChI=1S/C11H9N/c1-9-7-8-12-11-6-4-2-3-5-10(9)11/h2-3,5-8H,1H3. The number of allylic oxidation sites excluding steroid dienone is 2. The Morgan fingerprint density at radius 1 is 1.42 bits per heavy atom. The van der Waals surface area contributed by atoms with Gasteiger partial charge in [-0.15, -0.1) is 5.73 Å². The molecule has 0 saturated heterocycles. The normalized spacial score (nSPS) is 12.8. The van der Waals surface area contributed by atoms with Crippen molar-refractivity contribution in [3.63, 3.8) is 0 Å². The van der Waals surface area contributed by atoms with Crippen molar-refractivity contribution >= 4 is 12.2 Å². The number of aryl methyl sites for hydroxylation is 1. The van der Waals surface area contributed by atoms with Gasteiger partial charge in [-0.05, 0) is 24.6 Å². The Morgan fingerprint density at radius 3 is 3.25 bits per heavy atom. The Balaban J connectivity index is 2.72. The van der Waals surface area contributed by atoms with Crippen molar-refractivity contribution in [2.45, 2.75) is 6.92 Å². The van der Waals surface area contributed by atoms with E-state index in [1.54, 1.807) is 0 Å². The summed E-state index contributed by atoms with van der Waals surface area (Å²) in [5.74, 6) is 0. The second-order valence-electron chi connectivity index (χ2n) is 2.76. The number of aromatic nitrogens is 1. The lowest BCUT2D eigenvalue weighted by Gasteiger charge is -2.01. The van der Waals surface area contributed by atoms with Crippen LogP contribution in [0.1, 0.15) is 16.8 Å². The van der Waals surface area contributed by atoms with E-state index in [-0.39, 0.29) is 0 Å². The van der Waals surface area contributed by atoms with E-state index in [1.165, 1.54) is 11.1 Å². The minimum absolute atomic E-state index is 1.00. The lowest BCUT2D eigenvalue weighted by atomic mass is 10.1. The maximum absolute atomic E-state index is 4.25. The monoisotopic (exact) mass is 155 g/mol. The van der Waals surface area contributed by atoms with E-state index in [9.17, 15) is 0 Å². The first-order valence-corrected chi connectivity index (χ1v) is 3.93. The van der Waals surface area contributed by atoms with E-state index in [0.717, 1.165) is 5.69 Å². The van der Waals surface area contributed by atoms with Gasteiger partial charge in [0.1, 0.15) is 0 Å². The average Bonchev–Trinajstić information content (AvgIpc) is 2.30. The van der Waals surface area contributed by atoms with Gasteiger partial charge in [0.25, 0.3) is 0 Å². The zero-order valence-corrected chi connectivity index (χ0v) is 6.91.